The maximum Gasteiger partial charge on any atom is 0.166 e. The Labute approximate surface area is 120 Å². The standard InChI is InChI=1S/C13H11ClN6/c14-9-2-1-3-10(6-9)19-12-11(15)13(18-7-17-12)20-5-4-16-8-20/h1-8H,15H2,(H,17,18,19). The summed E-state index contributed by atoms with van der Waals surface area (Å²) in [5.41, 5.74) is 7.33. The fourth-order valence-corrected chi connectivity index (χ4v) is 1.97. The summed E-state index contributed by atoms with van der Waals surface area (Å²) < 4.78 is 1.72. The van der Waals surface area contributed by atoms with Gasteiger partial charge in [0.2, 0.25) is 0 Å². The minimum Gasteiger partial charge on any atom is -0.393 e. The van der Waals surface area contributed by atoms with Gasteiger partial charge in [0.15, 0.2) is 11.6 Å². The van der Waals surface area contributed by atoms with Crippen molar-refractivity contribution in [3.05, 3.63) is 54.3 Å². The summed E-state index contributed by atoms with van der Waals surface area (Å²) >= 11 is 5.95. The van der Waals surface area contributed by atoms with Crippen LogP contribution in [0.3, 0.4) is 0 Å². The van der Waals surface area contributed by atoms with E-state index in [1.807, 2.05) is 12.1 Å². The fraction of sp³-hybridized carbons (Fsp3) is 0. The number of benzene rings is 1. The second-order valence-corrected chi connectivity index (χ2v) is 4.50. The number of aromatic nitrogens is 4. The molecule has 3 N–H and O–H groups in total. The van der Waals surface area contributed by atoms with Gasteiger partial charge in [-0.05, 0) is 18.2 Å². The van der Waals surface area contributed by atoms with Gasteiger partial charge >= 0.3 is 0 Å². The molecule has 0 amide bonds. The zero-order valence-corrected chi connectivity index (χ0v) is 11.1. The summed E-state index contributed by atoms with van der Waals surface area (Å²) in [6, 6.07) is 7.32. The number of nitrogens with one attached hydrogen (secondary N) is 1. The maximum atomic E-state index is 6.09. The van der Waals surface area contributed by atoms with E-state index in [9.17, 15) is 0 Å². The smallest absolute Gasteiger partial charge is 0.166 e. The molecule has 6 nitrogen and oxygen atoms in total. The maximum absolute atomic E-state index is 6.09. The van der Waals surface area contributed by atoms with E-state index in [2.05, 4.69) is 20.3 Å². The van der Waals surface area contributed by atoms with Gasteiger partial charge in [-0.15, -0.1) is 0 Å². The van der Waals surface area contributed by atoms with Gasteiger partial charge in [-0.1, -0.05) is 17.7 Å². The minimum atomic E-state index is 0.436. The van der Waals surface area contributed by atoms with Crippen molar-refractivity contribution in [2.45, 2.75) is 0 Å². The van der Waals surface area contributed by atoms with Crippen molar-refractivity contribution >= 4 is 28.8 Å². The van der Waals surface area contributed by atoms with Gasteiger partial charge in [0.05, 0.1) is 0 Å². The first-order chi connectivity index (χ1) is 9.74. The number of nitrogen functional groups attached to an aromatic ring is 1. The van der Waals surface area contributed by atoms with Crippen molar-refractivity contribution in [2.75, 3.05) is 11.1 Å². The number of nitrogens with zero attached hydrogens (tertiary/aromatic N) is 4. The molecule has 2 heterocycles. The van der Waals surface area contributed by atoms with Gasteiger partial charge in [-0.2, -0.15) is 0 Å². The monoisotopic (exact) mass is 286 g/mol. The lowest BCUT2D eigenvalue weighted by atomic mass is 10.3. The summed E-state index contributed by atoms with van der Waals surface area (Å²) in [7, 11) is 0. The molecule has 100 valence electrons. The van der Waals surface area contributed by atoms with E-state index in [-0.39, 0.29) is 0 Å². The third-order valence-corrected chi connectivity index (χ3v) is 2.93. The molecular formula is C13H11ClN6. The van der Waals surface area contributed by atoms with Gasteiger partial charge in [0.1, 0.15) is 18.3 Å². The molecule has 20 heavy (non-hydrogen) atoms. The normalized spacial score (nSPS) is 10.4. The third kappa shape index (κ3) is 2.41. The summed E-state index contributed by atoms with van der Waals surface area (Å²) in [6.45, 7) is 0. The van der Waals surface area contributed by atoms with Gasteiger partial charge in [-0.3, -0.25) is 4.57 Å². The van der Waals surface area contributed by atoms with Crippen LogP contribution in [0, 0.1) is 0 Å². The highest BCUT2D eigenvalue weighted by atomic mass is 35.5. The molecule has 3 aromatic rings. The zero-order valence-electron chi connectivity index (χ0n) is 10.4. The molecule has 0 unspecified atom stereocenters. The molecule has 0 bridgehead atoms. The Hall–Kier alpha value is -2.60. The van der Waals surface area contributed by atoms with Crippen LogP contribution in [-0.4, -0.2) is 19.5 Å². The topological polar surface area (TPSA) is 81.6 Å². The Morgan fingerprint density at radius 3 is 2.90 bits per heavy atom. The van der Waals surface area contributed by atoms with Gasteiger partial charge in [-0.25, -0.2) is 15.0 Å². The first-order valence-corrected chi connectivity index (χ1v) is 6.23. The summed E-state index contributed by atoms with van der Waals surface area (Å²) in [5, 5.41) is 3.76. The number of anilines is 3. The molecule has 0 aliphatic rings. The molecule has 1 aromatic carbocycles. The number of hydrogen-bond acceptors (Lipinski definition) is 5. The van der Waals surface area contributed by atoms with Crippen LogP contribution in [0.1, 0.15) is 0 Å². The second kappa shape index (κ2) is 5.18. The molecule has 0 saturated heterocycles. The van der Waals surface area contributed by atoms with Crippen LogP contribution in [0.2, 0.25) is 5.02 Å². The van der Waals surface area contributed by atoms with Crippen LogP contribution < -0.4 is 11.1 Å². The van der Waals surface area contributed by atoms with Crippen molar-refractivity contribution in [1.29, 1.82) is 0 Å². The lowest BCUT2D eigenvalue weighted by Crippen LogP contribution is -2.06. The first kappa shape index (κ1) is 12.4. The Bertz CT molecular complexity index is 725. The molecule has 2 aromatic heterocycles. The molecule has 0 aliphatic heterocycles. The van der Waals surface area contributed by atoms with Crippen molar-refractivity contribution in [3.8, 4) is 5.82 Å². The van der Waals surface area contributed by atoms with E-state index in [4.69, 9.17) is 17.3 Å². The first-order valence-electron chi connectivity index (χ1n) is 5.85. The van der Waals surface area contributed by atoms with Crippen LogP contribution in [0.4, 0.5) is 17.2 Å². The van der Waals surface area contributed by atoms with Gasteiger partial charge < -0.3 is 11.1 Å². The summed E-state index contributed by atoms with van der Waals surface area (Å²) in [6.07, 6.45) is 6.49. The number of hydrogen-bond donors (Lipinski definition) is 2. The second-order valence-electron chi connectivity index (χ2n) is 4.06. The predicted octanol–water partition coefficient (Wildman–Crippen LogP) is 2.64. The highest BCUT2D eigenvalue weighted by Crippen LogP contribution is 2.25. The van der Waals surface area contributed by atoms with E-state index < -0.39 is 0 Å². The average Bonchev–Trinajstić information content (AvgIpc) is 2.95. The Morgan fingerprint density at radius 1 is 1.25 bits per heavy atom. The van der Waals surface area contributed by atoms with Crippen molar-refractivity contribution in [2.24, 2.45) is 0 Å². The largest absolute Gasteiger partial charge is 0.393 e. The molecule has 0 fully saturated rings. The highest BCUT2D eigenvalue weighted by molar-refractivity contribution is 6.30. The SMILES string of the molecule is Nc1c(Nc2cccc(Cl)c2)ncnc1-n1ccnc1. The van der Waals surface area contributed by atoms with Crippen LogP contribution in [0.15, 0.2) is 49.3 Å². The molecule has 7 heteroatoms. The van der Waals surface area contributed by atoms with Crippen LogP contribution in [0.5, 0.6) is 0 Å². The van der Waals surface area contributed by atoms with E-state index in [1.54, 1.807) is 35.4 Å². The predicted molar refractivity (Wildman–Crippen MR) is 78.3 cm³/mol. The third-order valence-electron chi connectivity index (χ3n) is 2.70. The molecule has 0 radical (unpaired) electrons. The van der Waals surface area contributed by atoms with Gasteiger partial charge in [0.25, 0.3) is 0 Å². The Morgan fingerprint density at radius 2 is 2.15 bits per heavy atom. The Balaban J connectivity index is 1.97. The highest BCUT2D eigenvalue weighted by Gasteiger charge is 2.09. The number of halogens is 1. The quantitative estimate of drug-likeness (QED) is 0.773. The van der Waals surface area contributed by atoms with E-state index >= 15 is 0 Å². The molecule has 0 atom stereocenters. The average molecular weight is 287 g/mol. The zero-order chi connectivity index (χ0) is 13.9. The van der Waals surface area contributed by atoms with Crippen LogP contribution >= 0.6 is 11.6 Å². The molecule has 3 rings (SSSR count). The van der Waals surface area contributed by atoms with E-state index in [1.165, 1.54) is 6.33 Å². The Kier molecular flexibility index (Phi) is 3.22. The van der Waals surface area contributed by atoms with Gasteiger partial charge in [0, 0.05) is 23.1 Å². The van der Waals surface area contributed by atoms with Crippen molar-refractivity contribution < 1.29 is 0 Å². The summed E-state index contributed by atoms with van der Waals surface area (Å²) in [5.74, 6) is 1.09. The van der Waals surface area contributed by atoms with Crippen LogP contribution in [-0.2, 0) is 0 Å². The van der Waals surface area contributed by atoms with E-state index in [0.717, 1.165) is 5.69 Å². The lowest BCUT2D eigenvalue weighted by Gasteiger charge is -2.11. The lowest BCUT2D eigenvalue weighted by molar-refractivity contribution is 0.977. The van der Waals surface area contributed by atoms with E-state index in [0.29, 0.717) is 22.3 Å². The molecule has 0 aliphatic carbocycles. The molecule has 0 saturated carbocycles. The summed E-state index contributed by atoms with van der Waals surface area (Å²) in [4.78, 5) is 12.3. The number of nitrogens with two attached hydrogens (primary N) is 1. The minimum absolute atomic E-state index is 0.436. The fourth-order valence-electron chi connectivity index (χ4n) is 1.78. The van der Waals surface area contributed by atoms with Crippen LogP contribution in [0.25, 0.3) is 5.82 Å². The van der Waals surface area contributed by atoms with Crippen molar-refractivity contribution in [1.82, 2.24) is 19.5 Å². The number of imidazole rings is 1. The number of rotatable bonds is 3. The van der Waals surface area contributed by atoms with Crippen molar-refractivity contribution in [3.63, 3.8) is 0 Å². The molecular weight excluding hydrogens is 276 g/mol. The molecule has 0 spiro atoms.